The van der Waals surface area contributed by atoms with Crippen LogP contribution in [0.3, 0.4) is 0 Å². The van der Waals surface area contributed by atoms with E-state index in [-0.39, 0.29) is 4.75 Å². The summed E-state index contributed by atoms with van der Waals surface area (Å²) in [6, 6.07) is 4.34. The zero-order valence-electron chi connectivity index (χ0n) is 10.2. The third kappa shape index (κ3) is 5.49. The lowest BCUT2D eigenvalue weighted by molar-refractivity contribution is 0.572. The lowest BCUT2D eigenvalue weighted by atomic mass is 10.1. The van der Waals surface area contributed by atoms with Gasteiger partial charge in [0.15, 0.2) is 0 Å². The van der Waals surface area contributed by atoms with Crippen molar-refractivity contribution < 1.29 is 0 Å². The number of nitrogens with two attached hydrogens (primary N) is 1. The summed E-state index contributed by atoms with van der Waals surface area (Å²) in [5.41, 5.74) is 4.10. The molecule has 3 N–H and O–H groups in total. The molecule has 1 atom stereocenters. The fourth-order valence-electron chi connectivity index (χ4n) is 1.32. The Hall–Kier alpha value is -0.580. The van der Waals surface area contributed by atoms with Crippen molar-refractivity contribution >= 4 is 11.8 Å². The van der Waals surface area contributed by atoms with Crippen molar-refractivity contribution in [3.8, 4) is 0 Å². The average Bonchev–Trinajstić information content (AvgIpc) is 2.24. The number of nitrogens with one attached hydrogen (secondary N) is 1. The highest BCUT2D eigenvalue weighted by atomic mass is 32.2. The van der Waals surface area contributed by atoms with Crippen molar-refractivity contribution in [3.05, 3.63) is 30.1 Å². The molecule has 90 valence electrons. The van der Waals surface area contributed by atoms with E-state index < -0.39 is 0 Å². The van der Waals surface area contributed by atoms with Gasteiger partial charge in [-0.05, 0) is 18.1 Å². The first-order valence-electron chi connectivity index (χ1n) is 5.50. The second-order valence-electron chi connectivity index (χ2n) is 4.85. The molecule has 4 heteroatoms. The monoisotopic (exact) mass is 239 g/mol. The van der Waals surface area contributed by atoms with Gasteiger partial charge in [-0.15, -0.1) is 0 Å². The van der Waals surface area contributed by atoms with Crippen molar-refractivity contribution in [3.63, 3.8) is 0 Å². The first-order valence-corrected chi connectivity index (χ1v) is 6.49. The van der Waals surface area contributed by atoms with Crippen molar-refractivity contribution in [2.24, 2.45) is 5.84 Å². The molecule has 0 aromatic carbocycles. The molecule has 16 heavy (non-hydrogen) atoms. The third-order valence-corrected chi connectivity index (χ3v) is 3.59. The summed E-state index contributed by atoms with van der Waals surface area (Å²) in [7, 11) is 0. The summed E-state index contributed by atoms with van der Waals surface area (Å²) in [6.45, 7) is 6.65. The predicted molar refractivity (Wildman–Crippen MR) is 71.3 cm³/mol. The number of hydrazine groups is 1. The number of nitrogens with zero attached hydrogens (tertiary/aromatic N) is 1. The molecule has 1 rings (SSSR count). The topological polar surface area (TPSA) is 50.9 Å². The summed E-state index contributed by atoms with van der Waals surface area (Å²) in [5, 5.41) is 0. The van der Waals surface area contributed by atoms with E-state index in [0.717, 1.165) is 12.2 Å². The van der Waals surface area contributed by atoms with Crippen LogP contribution in [-0.2, 0) is 6.42 Å². The van der Waals surface area contributed by atoms with E-state index in [0.29, 0.717) is 6.04 Å². The van der Waals surface area contributed by atoms with Crippen molar-refractivity contribution in [1.82, 2.24) is 10.4 Å². The Labute approximate surface area is 102 Å². The number of pyridine rings is 1. The largest absolute Gasteiger partial charge is 0.271 e. The molecular formula is C12H21N3S. The van der Waals surface area contributed by atoms with E-state index >= 15 is 0 Å². The molecule has 0 fully saturated rings. The Balaban J connectivity index is 2.44. The molecule has 0 radical (unpaired) electrons. The molecule has 0 aliphatic carbocycles. The molecule has 0 saturated heterocycles. The molecule has 1 aromatic rings. The maximum atomic E-state index is 5.57. The maximum absolute atomic E-state index is 5.57. The molecule has 0 spiro atoms. The zero-order chi connectivity index (χ0) is 12.0. The highest BCUT2D eigenvalue weighted by molar-refractivity contribution is 8.00. The highest BCUT2D eigenvalue weighted by Crippen LogP contribution is 2.24. The third-order valence-electron chi connectivity index (χ3n) is 2.16. The summed E-state index contributed by atoms with van der Waals surface area (Å²) < 4.78 is 0.282. The molecule has 0 amide bonds. The SMILES string of the molecule is CC(C)(C)SCC(Cc1cccnc1)NN. The van der Waals surface area contributed by atoms with E-state index in [9.17, 15) is 0 Å². The van der Waals surface area contributed by atoms with Gasteiger partial charge >= 0.3 is 0 Å². The molecule has 1 aromatic heterocycles. The Morgan fingerprint density at radius 2 is 2.25 bits per heavy atom. The van der Waals surface area contributed by atoms with Crippen molar-refractivity contribution in [2.45, 2.75) is 38.0 Å². The molecule has 0 aliphatic rings. The van der Waals surface area contributed by atoms with Gasteiger partial charge < -0.3 is 0 Å². The number of hydrogen-bond donors (Lipinski definition) is 2. The fraction of sp³-hybridized carbons (Fsp3) is 0.583. The Bertz CT molecular complexity index is 295. The predicted octanol–water partition coefficient (Wildman–Crippen LogP) is 1.99. The molecule has 3 nitrogen and oxygen atoms in total. The van der Waals surface area contributed by atoms with Gasteiger partial charge in [0, 0.05) is 28.9 Å². The normalized spacial score (nSPS) is 13.8. The minimum atomic E-state index is 0.282. The van der Waals surface area contributed by atoms with Gasteiger partial charge in [0.2, 0.25) is 0 Å². The Morgan fingerprint density at radius 1 is 1.50 bits per heavy atom. The van der Waals surface area contributed by atoms with Crippen LogP contribution in [-0.4, -0.2) is 21.5 Å². The summed E-state index contributed by atoms with van der Waals surface area (Å²) in [6.07, 6.45) is 4.61. The smallest absolute Gasteiger partial charge is 0.0342 e. The van der Waals surface area contributed by atoms with Crippen LogP contribution in [0.25, 0.3) is 0 Å². The second-order valence-corrected chi connectivity index (χ2v) is 6.70. The summed E-state index contributed by atoms with van der Waals surface area (Å²) >= 11 is 1.92. The first-order chi connectivity index (χ1) is 7.51. The van der Waals surface area contributed by atoms with Gasteiger partial charge in [-0.25, -0.2) is 0 Å². The number of rotatable bonds is 5. The van der Waals surface area contributed by atoms with Crippen LogP contribution < -0.4 is 11.3 Å². The highest BCUT2D eigenvalue weighted by Gasteiger charge is 2.15. The minimum absolute atomic E-state index is 0.282. The molecule has 0 bridgehead atoms. The van der Waals surface area contributed by atoms with Crippen LogP contribution in [0.5, 0.6) is 0 Å². The number of thioether (sulfide) groups is 1. The zero-order valence-corrected chi connectivity index (χ0v) is 11.1. The minimum Gasteiger partial charge on any atom is -0.271 e. The number of aromatic nitrogens is 1. The quantitative estimate of drug-likeness (QED) is 0.609. The van der Waals surface area contributed by atoms with E-state index in [2.05, 4.69) is 37.2 Å². The molecule has 1 heterocycles. The van der Waals surface area contributed by atoms with E-state index in [1.165, 1.54) is 5.56 Å². The lowest BCUT2D eigenvalue weighted by Gasteiger charge is -2.22. The number of hydrogen-bond acceptors (Lipinski definition) is 4. The summed E-state index contributed by atoms with van der Waals surface area (Å²) in [4.78, 5) is 4.11. The molecule has 0 aliphatic heterocycles. The van der Waals surface area contributed by atoms with Crippen molar-refractivity contribution in [2.75, 3.05) is 5.75 Å². The van der Waals surface area contributed by atoms with Crippen LogP contribution in [0.1, 0.15) is 26.3 Å². The molecule has 1 unspecified atom stereocenters. The first kappa shape index (κ1) is 13.5. The van der Waals surface area contributed by atoms with Crippen LogP contribution in [0.4, 0.5) is 0 Å². The summed E-state index contributed by atoms with van der Waals surface area (Å²) in [5.74, 6) is 6.58. The Morgan fingerprint density at radius 3 is 2.75 bits per heavy atom. The maximum Gasteiger partial charge on any atom is 0.0342 e. The standard InChI is InChI=1S/C12H21N3S/c1-12(2,3)16-9-11(15-13)7-10-5-4-6-14-8-10/h4-6,8,11,15H,7,9,13H2,1-3H3. The van der Waals surface area contributed by atoms with Crippen molar-refractivity contribution in [1.29, 1.82) is 0 Å². The van der Waals surface area contributed by atoms with Gasteiger partial charge in [0.05, 0.1) is 0 Å². The fourth-order valence-corrected chi connectivity index (χ4v) is 2.24. The average molecular weight is 239 g/mol. The van der Waals surface area contributed by atoms with E-state index in [1.807, 2.05) is 24.0 Å². The van der Waals surface area contributed by atoms with Gasteiger partial charge in [0.25, 0.3) is 0 Å². The van der Waals surface area contributed by atoms with Gasteiger partial charge in [0.1, 0.15) is 0 Å². The lowest BCUT2D eigenvalue weighted by Crippen LogP contribution is -2.39. The molecule has 0 saturated carbocycles. The van der Waals surface area contributed by atoms with E-state index in [1.54, 1.807) is 6.20 Å². The second kappa shape index (κ2) is 6.23. The van der Waals surface area contributed by atoms with Crippen LogP contribution in [0.15, 0.2) is 24.5 Å². The van der Waals surface area contributed by atoms with Gasteiger partial charge in [-0.1, -0.05) is 26.8 Å². The van der Waals surface area contributed by atoms with E-state index in [4.69, 9.17) is 5.84 Å². The Kier molecular flexibility index (Phi) is 5.25. The van der Waals surface area contributed by atoms with Gasteiger partial charge in [-0.2, -0.15) is 11.8 Å². The van der Waals surface area contributed by atoms with Crippen LogP contribution in [0.2, 0.25) is 0 Å². The molecular weight excluding hydrogens is 218 g/mol. The van der Waals surface area contributed by atoms with Gasteiger partial charge in [-0.3, -0.25) is 16.3 Å². The van der Waals surface area contributed by atoms with Crippen LogP contribution >= 0.6 is 11.8 Å². The van der Waals surface area contributed by atoms with Crippen LogP contribution in [0, 0.1) is 0 Å².